The molecule has 3 rings (SSSR count). The van der Waals surface area contributed by atoms with Crippen LogP contribution < -0.4 is 0 Å². The number of hydrogen-bond acceptors (Lipinski definition) is 5. The maximum absolute atomic E-state index is 12.7. The summed E-state index contributed by atoms with van der Waals surface area (Å²) in [4.78, 5) is 17.8. The highest BCUT2D eigenvalue weighted by atomic mass is 32.2. The fourth-order valence-electron chi connectivity index (χ4n) is 3.55. The quantitative estimate of drug-likeness (QED) is 0.544. The third-order valence-corrected chi connectivity index (χ3v) is 7.10. The second-order valence-electron chi connectivity index (χ2n) is 7.60. The average Bonchev–Trinajstić information content (AvgIpc) is 2.78. The van der Waals surface area contributed by atoms with Gasteiger partial charge >= 0.3 is 5.97 Å². The Kier molecular flexibility index (Phi) is 7.38. The minimum Gasteiger partial charge on any atom is -0.465 e. The number of benzene rings is 2. The normalized spacial score (nSPS) is 17.1. The first-order valence-electron chi connectivity index (χ1n) is 9.90. The summed E-state index contributed by atoms with van der Waals surface area (Å²) in [5.41, 5.74) is 1.31. The van der Waals surface area contributed by atoms with Gasteiger partial charge in [-0.05, 0) is 49.1 Å². The van der Waals surface area contributed by atoms with Crippen LogP contribution in [0.2, 0.25) is 0 Å². The highest BCUT2D eigenvalue weighted by Crippen LogP contribution is 2.25. The number of piperidine rings is 1. The molecular weight excluding hydrogens is 400 g/mol. The maximum Gasteiger partial charge on any atom is 0.337 e. The fourth-order valence-corrected chi connectivity index (χ4v) is 4.93. The molecule has 2 aromatic carbocycles. The van der Waals surface area contributed by atoms with Crippen LogP contribution in [0.1, 0.15) is 28.8 Å². The van der Waals surface area contributed by atoms with E-state index in [1.165, 1.54) is 12.7 Å². The largest absolute Gasteiger partial charge is 0.465 e. The first-order chi connectivity index (χ1) is 14.4. The lowest BCUT2D eigenvalue weighted by Crippen LogP contribution is -2.47. The number of carbonyl (C=O) groups is 1. The molecule has 1 heterocycles. The molecule has 0 saturated carbocycles. The van der Waals surface area contributed by atoms with Gasteiger partial charge in [-0.1, -0.05) is 24.3 Å². The van der Waals surface area contributed by atoms with Gasteiger partial charge in [0.2, 0.25) is 0 Å². The summed E-state index contributed by atoms with van der Waals surface area (Å²) < 4.78 is 17.4. The molecule has 30 heavy (non-hydrogen) atoms. The van der Waals surface area contributed by atoms with Crippen LogP contribution in [0.4, 0.5) is 5.69 Å². The number of carbonyl (C=O) groups excluding carboxylic acids is 1. The Morgan fingerprint density at radius 1 is 1.17 bits per heavy atom. The summed E-state index contributed by atoms with van der Waals surface area (Å²) >= 11 is 0. The van der Waals surface area contributed by atoms with Crippen molar-refractivity contribution in [2.45, 2.75) is 29.8 Å². The Bertz CT molecular complexity index is 927. The zero-order valence-corrected chi connectivity index (χ0v) is 17.9. The van der Waals surface area contributed by atoms with Crippen molar-refractivity contribution in [1.29, 1.82) is 0 Å². The summed E-state index contributed by atoms with van der Waals surface area (Å²) in [7, 11) is -0.0154. The van der Waals surface area contributed by atoms with Crippen molar-refractivity contribution in [3.05, 3.63) is 71.1 Å². The van der Waals surface area contributed by atoms with Crippen LogP contribution in [-0.4, -0.2) is 58.3 Å². The van der Waals surface area contributed by atoms with Gasteiger partial charge in [0.05, 0.1) is 41.4 Å². The smallest absolute Gasteiger partial charge is 0.337 e. The van der Waals surface area contributed by atoms with Gasteiger partial charge in [-0.25, -0.2) is 9.64 Å². The number of rotatable bonds is 7. The molecule has 0 spiro atoms. The van der Waals surface area contributed by atoms with Crippen LogP contribution in [0, 0.1) is 6.57 Å². The summed E-state index contributed by atoms with van der Waals surface area (Å²) in [6, 6.07) is 14.1. The Balaban J connectivity index is 1.48. The topological polar surface area (TPSA) is 71.2 Å². The molecule has 7 heteroatoms. The van der Waals surface area contributed by atoms with E-state index in [0.29, 0.717) is 29.0 Å². The zero-order valence-electron chi connectivity index (χ0n) is 17.0. The average molecular weight is 427 g/mol. The Morgan fingerprint density at radius 3 is 2.37 bits per heavy atom. The van der Waals surface area contributed by atoms with Gasteiger partial charge in [0, 0.05) is 24.5 Å². The van der Waals surface area contributed by atoms with Crippen molar-refractivity contribution in [3.63, 3.8) is 0 Å². The predicted molar refractivity (Wildman–Crippen MR) is 116 cm³/mol. The molecule has 0 amide bonds. The molecule has 1 aliphatic heterocycles. The van der Waals surface area contributed by atoms with Gasteiger partial charge in [0.15, 0.2) is 5.69 Å². The molecule has 6 nitrogen and oxygen atoms in total. The summed E-state index contributed by atoms with van der Waals surface area (Å²) in [6.07, 6.45) is 2.06. The first kappa shape index (κ1) is 22.2. The molecule has 1 atom stereocenters. The van der Waals surface area contributed by atoms with Crippen molar-refractivity contribution in [3.8, 4) is 0 Å². The number of methoxy groups -OCH3 is 1. The van der Waals surface area contributed by atoms with Crippen molar-refractivity contribution in [2.24, 2.45) is 0 Å². The summed E-state index contributed by atoms with van der Waals surface area (Å²) in [6.45, 7) is 9.42. The van der Waals surface area contributed by atoms with Gasteiger partial charge in [-0.15, -0.1) is 0 Å². The predicted octanol–water partition coefficient (Wildman–Crippen LogP) is 3.20. The molecule has 1 aliphatic rings. The molecule has 0 bridgehead atoms. The number of hydrogen-bond donors (Lipinski definition) is 1. The van der Waals surface area contributed by atoms with E-state index in [9.17, 15) is 14.1 Å². The Labute approximate surface area is 179 Å². The van der Waals surface area contributed by atoms with Crippen molar-refractivity contribution in [1.82, 2.24) is 4.90 Å². The standard InChI is InChI=1S/C23H26N2O4S/c1-24-20-7-3-18(4-8-20)11-14-25-15-12-23(27,13-16-25)17-30(28)21-9-5-19(6-10-21)22(26)29-2/h3-10,27H,11-17H2,2H3. The number of aliphatic hydroxyl groups is 1. The van der Waals surface area contributed by atoms with Gasteiger partial charge < -0.3 is 14.7 Å². The van der Waals surface area contributed by atoms with Gasteiger partial charge in [0.25, 0.3) is 0 Å². The Morgan fingerprint density at radius 2 is 1.80 bits per heavy atom. The minimum absolute atomic E-state index is 0.191. The molecule has 1 fully saturated rings. The molecule has 0 aromatic heterocycles. The van der Waals surface area contributed by atoms with E-state index in [1.807, 2.05) is 24.3 Å². The van der Waals surface area contributed by atoms with Gasteiger partial charge in [-0.3, -0.25) is 4.21 Å². The Hall–Kier alpha value is -2.53. The highest BCUT2D eigenvalue weighted by molar-refractivity contribution is 7.85. The monoisotopic (exact) mass is 426 g/mol. The molecular formula is C23H26N2O4S. The highest BCUT2D eigenvalue weighted by Gasteiger charge is 2.34. The second kappa shape index (κ2) is 9.98. The van der Waals surface area contributed by atoms with E-state index in [0.717, 1.165) is 26.1 Å². The maximum atomic E-state index is 12.7. The van der Waals surface area contributed by atoms with Crippen LogP contribution >= 0.6 is 0 Å². The summed E-state index contributed by atoms with van der Waals surface area (Å²) in [5, 5.41) is 10.9. The molecule has 0 aliphatic carbocycles. The first-order valence-corrected chi connectivity index (χ1v) is 11.2. The zero-order chi connectivity index (χ0) is 21.6. The van der Waals surface area contributed by atoms with E-state index < -0.39 is 22.4 Å². The fraction of sp³-hybridized carbons (Fsp3) is 0.391. The molecule has 2 aromatic rings. The van der Waals surface area contributed by atoms with Crippen LogP contribution in [0.3, 0.4) is 0 Å². The number of ether oxygens (including phenoxy) is 1. The van der Waals surface area contributed by atoms with E-state index >= 15 is 0 Å². The van der Waals surface area contributed by atoms with Crippen LogP contribution in [0.5, 0.6) is 0 Å². The van der Waals surface area contributed by atoms with Crippen LogP contribution in [-0.2, 0) is 22.0 Å². The number of nitrogens with zero attached hydrogens (tertiary/aromatic N) is 2. The van der Waals surface area contributed by atoms with E-state index in [2.05, 4.69) is 14.5 Å². The second-order valence-corrected chi connectivity index (χ2v) is 9.05. The molecule has 1 unspecified atom stereocenters. The van der Waals surface area contributed by atoms with E-state index in [4.69, 9.17) is 6.57 Å². The van der Waals surface area contributed by atoms with Crippen LogP contribution in [0.25, 0.3) is 4.85 Å². The van der Waals surface area contributed by atoms with Crippen molar-refractivity contribution < 1.29 is 18.8 Å². The molecule has 1 N–H and O–H groups in total. The van der Waals surface area contributed by atoms with E-state index in [-0.39, 0.29) is 5.75 Å². The molecule has 0 radical (unpaired) electrons. The summed E-state index contributed by atoms with van der Waals surface area (Å²) in [5.74, 6) is -0.239. The van der Waals surface area contributed by atoms with Crippen molar-refractivity contribution >= 4 is 22.5 Å². The molecule has 1 saturated heterocycles. The third kappa shape index (κ3) is 5.76. The minimum atomic E-state index is -1.34. The number of esters is 1. The lowest BCUT2D eigenvalue weighted by Gasteiger charge is -2.38. The lowest BCUT2D eigenvalue weighted by atomic mass is 9.93. The van der Waals surface area contributed by atoms with E-state index in [1.54, 1.807) is 24.3 Å². The van der Waals surface area contributed by atoms with Crippen molar-refractivity contribution in [2.75, 3.05) is 32.5 Å². The number of likely N-dealkylation sites (tertiary alicyclic amines) is 1. The van der Waals surface area contributed by atoms with Gasteiger partial charge in [-0.2, -0.15) is 0 Å². The van der Waals surface area contributed by atoms with Crippen LogP contribution in [0.15, 0.2) is 53.4 Å². The van der Waals surface area contributed by atoms with Gasteiger partial charge in [0.1, 0.15) is 0 Å². The molecule has 158 valence electrons. The SMILES string of the molecule is [C-]#[N+]c1ccc(CCN2CCC(O)(CS(=O)c3ccc(C(=O)OC)cc3)CC2)cc1. The lowest BCUT2D eigenvalue weighted by molar-refractivity contribution is -0.00149. The third-order valence-electron chi connectivity index (χ3n) is 5.51.